The molecule has 1 aromatic carbocycles. The minimum atomic E-state index is -0.257. The van der Waals surface area contributed by atoms with E-state index in [0.717, 1.165) is 24.8 Å². The highest BCUT2D eigenvalue weighted by molar-refractivity contribution is 5.50. The van der Waals surface area contributed by atoms with Gasteiger partial charge in [0, 0.05) is 6.54 Å². The summed E-state index contributed by atoms with van der Waals surface area (Å²) < 4.78 is 13.5. The Morgan fingerprint density at radius 2 is 2.10 bits per heavy atom. The minimum absolute atomic E-state index is 0.224. The molecule has 0 atom stereocenters. The second-order valence-corrected chi connectivity index (χ2v) is 5.86. The predicted molar refractivity (Wildman–Crippen MR) is 76.9 cm³/mol. The van der Waals surface area contributed by atoms with Gasteiger partial charge in [0.05, 0.1) is 11.1 Å². The lowest BCUT2D eigenvalue weighted by Gasteiger charge is -2.59. The van der Waals surface area contributed by atoms with Gasteiger partial charge < -0.3 is 10.6 Å². The molecule has 1 aliphatic carbocycles. The minimum Gasteiger partial charge on any atom is -0.352 e. The van der Waals surface area contributed by atoms with Gasteiger partial charge in [-0.3, -0.25) is 9.69 Å². The van der Waals surface area contributed by atoms with E-state index in [1.807, 2.05) is 27.2 Å². The van der Waals surface area contributed by atoms with Crippen LogP contribution in [0.2, 0.25) is 0 Å². The van der Waals surface area contributed by atoms with E-state index in [1.54, 1.807) is 12.1 Å². The van der Waals surface area contributed by atoms with Crippen LogP contribution in [-0.2, 0) is 10.3 Å². The van der Waals surface area contributed by atoms with Gasteiger partial charge in [-0.25, -0.2) is 4.39 Å². The van der Waals surface area contributed by atoms with Crippen LogP contribution in [0.1, 0.15) is 18.4 Å². The van der Waals surface area contributed by atoms with Crippen LogP contribution in [0, 0.1) is 5.82 Å². The maximum absolute atomic E-state index is 13.5. The number of likely N-dealkylation sites (N-methyl/N-ethyl adjacent to an activating group) is 1. The van der Waals surface area contributed by atoms with Gasteiger partial charge in [-0.05, 0) is 51.7 Å². The molecule has 0 heterocycles. The van der Waals surface area contributed by atoms with Crippen molar-refractivity contribution >= 4 is 6.41 Å². The standard InChI is InChI=1S/C15H22FN3O/c1-17-10-14(18-11-20)8-15(9-14,19(2)3)12-5-4-6-13(16)7-12/h4-7,11,17H,8-10H2,1-3H3,(H,18,20). The first-order chi connectivity index (χ1) is 9.48. The van der Waals surface area contributed by atoms with Crippen molar-refractivity contribution in [2.75, 3.05) is 27.7 Å². The lowest BCUT2D eigenvalue weighted by atomic mass is 9.59. The van der Waals surface area contributed by atoms with Gasteiger partial charge in [0.15, 0.2) is 0 Å². The van der Waals surface area contributed by atoms with E-state index in [0.29, 0.717) is 6.54 Å². The van der Waals surface area contributed by atoms with Crippen LogP contribution in [0.25, 0.3) is 0 Å². The Bertz CT molecular complexity index is 484. The molecular formula is C15H22FN3O. The fourth-order valence-corrected chi connectivity index (χ4v) is 3.37. The Hall–Kier alpha value is -1.46. The van der Waals surface area contributed by atoms with E-state index < -0.39 is 0 Å². The first-order valence-corrected chi connectivity index (χ1v) is 6.77. The largest absolute Gasteiger partial charge is 0.352 e. The summed E-state index contributed by atoms with van der Waals surface area (Å²) in [6, 6.07) is 6.73. The number of nitrogens with one attached hydrogen (secondary N) is 2. The number of carbonyl (C=O) groups is 1. The Kier molecular flexibility index (Phi) is 4.11. The molecule has 1 aromatic rings. The zero-order chi connectivity index (χ0) is 14.8. The van der Waals surface area contributed by atoms with Gasteiger partial charge in [0.2, 0.25) is 6.41 Å². The van der Waals surface area contributed by atoms with Gasteiger partial charge in [0.25, 0.3) is 0 Å². The molecule has 1 saturated carbocycles. The first kappa shape index (κ1) is 14.9. The van der Waals surface area contributed by atoms with E-state index in [4.69, 9.17) is 0 Å². The number of hydrogen-bond acceptors (Lipinski definition) is 3. The van der Waals surface area contributed by atoms with E-state index in [2.05, 4.69) is 15.5 Å². The number of amides is 1. The van der Waals surface area contributed by atoms with Gasteiger partial charge in [0.1, 0.15) is 5.82 Å². The fraction of sp³-hybridized carbons (Fsp3) is 0.533. The van der Waals surface area contributed by atoms with Crippen molar-refractivity contribution < 1.29 is 9.18 Å². The normalized spacial score (nSPS) is 29.1. The molecule has 0 saturated heterocycles. The lowest BCUT2D eigenvalue weighted by Crippen LogP contribution is -2.69. The van der Waals surface area contributed by atoms with Crippen molar-refractivity contribution in [2.45, 2.75) is 23.9 Å². The average molecular weight is 279 g/mol. The maximum Gasteiger partial charge on any atom is 0.207 e. The van der Waals surface area contributed by atoms with Gasteiger partial charge in [-0.15, -0.1) is 0 Å². The van der Waals surface area contributed by atoms with Gasteiger partial charge in [-0.1, -0.05) is 12.1 Å². The Balaban J connectivity index is 2.29. The molecule has 1 amide bonds. The highest BCUT2D eigenvalue weighted by Crippen LogP contribution is 2.51. The van der Waals surface area contributed by atoms with Crippen LogP contribution in [0.4, 0.5) is 4.39 Å². The van der Waals surface area contributed by atoms with Crippen LogP contribution in [-0.4, -0.2) is 44.5 Å². The summed E-state index contributed by atoms with van der Waals surface area (Å²) in [5.41, 5.74) is 0.476. The molecule has 1 fully saturated rings. The summed E-state index contributed by atoms with van der Waals surface area (Å²) in [5, 5.41) is 6.05. The summed E-state index contributed by atoms with van der Waals surface area (Å²) in [6.07, 6.45) is 2.27. The molecule has 0 aromatic heterocycles. The van der Waals surface area contributed by atoms with E-state index in [-0.39, 0.29) is 16.9 Å². The monoisotopic (exact) mass is 279 g/mol. The maximum atomic E-state index is 13.5. The highest BCUT2D eigenvalue weighted by atomic mass is 19.1. The molecule has 2 rings (SSSR count). The molecule has 0 aliphatic heterocycles. The molecular weight excluding hydrogens is 257 g/mol. The summed E-state index contributed by atoms with van der Waals surface area (Å²) in [6.45, 7) is 0.705. The Morgan fingerprint density at radius 1 is 1.40 bits per heavy atom. The SMILES string of the molecule is CNCC1(NC=O)CC(c2cccc(F)c2)(N(C)C)C1. The molecule has 0 spiro atoms. The predicted octanol–water partition coefficient (Wildman–Crippen LogP) is 1.08. The summed E-state index contributed by atoms with van der Waals surface area (Å²) in [7, 11) is 5.86. The van der Waals surface area contributed by atoms with Crippen molar-refractivity contribution in [3.8, 4) is 0 Å². The Morgan fingerprint density at radius 3 is 2.60 bits per heavy atom. The van der Waals surface area contributed by atoms with E-state index in [1.165, 1.54) is 6.07 Å². The molecule has 0 unspecified atom stereocenters. The number of rotatable bonds is 6. The Labute approximate surface area is 119 Å². The van der Waals surface area contributed by atoms with Crippen LogP contribution < -0.4 is 10.6 Å². The van der Waals surface area contributed by atoms with Crippen molar-refractivity contribution in [3.05, 3.63) is 35.6 Å². The third-order valence-corrected chi connectivity index (χ3v) is 4.36. The van der Waals surface area contributed by atoms with Gasteiger partial charge >= 0.3 is 0 Å². The first-order valence-electron chi connectivity index (χ1n) is 6.77. The second-order valence-electron chi connectivity index (χ2n) is 5.86. The molecule has 5 heteroatoms. The molecule has 4 nitrogen and oxygen atoms in total. The van der Waals surface area contributed by atoms with Crippen LogP contribution in [0.5, 0.6) is 0 Å². The zero-order valence-corrected chi connectivity index (χ0v) is 12.2. The third kappa shape index (κ3) is 2.43. The number of benzene rings is 1. The van der Waals surface area contributed by atoms with E-state index in [9.17, 15) is 9.18 Å². The topological polar surface area (TPSA) is 44.4 Å². The van der Waals surface area contributed by atoms with Crippen LogP contribution in [0.3, 0.4) is 0 Å². The summed E-state index contributed by atoms with van der Waals surface area (Å²) in [4.78, 5) is 13.0. The zero-order valence-electron chi connectivity index (χ0n) is 12.2. The molecule has 0 radical (unpaired) electrons. The number of nitrogens with zero attached hydrogens (tertiary/aromatic N) is 1. The van der Waals surface area contributed by atoms with Crippen molar-refractivity contribution in [1.82, 2.24) is 15.5 Å². The van der Waals surface area contributed by atoms with Crippen molar-refractivity contribution in [1.29, 1.82) is 0 Å². The van der Waals surface area contributed by atoms with E-state index >= 15 is 0 Å². The van der Waals surface area contributed by atoms with Crippen LogP contribution in [0.15, 0.2) is 24.3 Å². The number of halogens is 1. The molecule has 20 heavy (non-hydrogen) atoms. The summed E-state index contributed by atoms with van der Waals surface area (Å²) in [5.74, 6) is -0.224. The smallest absolute Gasteiger partial charge is 0.207 e. The molecule has 1 aliphatic rings. The van der Waals surface area contributed by atoms with Crippen molar-refractivity contribution in [3.63, 3.8) is 0 Å². The highest BCUT2D eigenvalue weighted by Gasteiger charge is 2.56. The fourth-order valence-electron chi connectivity index (χ4n) is 3.37. The number of hydrogen-bond donors (Lipinski definition) is 2. The lowest BCUT2D eigenvalue weighted by molar-refractivity contribution is -0.116. The number of carbonyl (C=O) groups excluding carboxylic acids is 1. The van der Waals surface area contributed by atoms with Crippen molar-refractivity contribution in [2.24, 2.45) is 0 Å². The summed E-state index contributed by atoms with van der Waals surface area (Å²) >= 11 is 0. The van der Waals surface area contributed by atoms with Crippen LogP contribution >= 0.6 is 0 Å². The quantitative estimate of drug-likeness (QED) is 0.766. The van der Waals surface area contributed by atoms with Gasteiger partial charge in [-0.2, -0.15) is 0 Å². The second kappa shape index (κ2) is 5.50. The average Bonchev–Trinajstić information content (AvgIpc) is 2.35. The molecule has 0 bridgehead atoms. The molecule has 2 N–H and O–H groups in total. The molecule has 110 valence electrons. The third-order valence-electron chi connectivity index (χ3n) is 4.36.